The van der Waals surface area contributed by atoms with Crippen LogP contribution >= 0.6 is 0 Å². The maximum Gasteiger partial charge on any atom is 0.342 e. The van der Waals surface area contributed by atoms with Crippen LogP contribution in [-0.4, -0.2) is 24.5 Å². The Bertz CT molecular complexity index is 649. The molecule has 2 aromatic carbocycles. The lowest BCUT2D eigenvalue weighted by molar-refractivity contribution is 0.0315. The first-order valence-corrected chi connectivity index (χ1v) is 7.15. The number of carbonyl (C=O) groups is 2. The van der Waals surface area contributed by atoms with Crippen LogP contribution in [0.3, 0.4) is 0 Å². The molecule has 0 aliphatic heterocycles. The Kier molecular flexibility index (Phi) is 5.31. The van der Waals surface area contributed by atoms with Crippen LogP contribution in [0.25, 0.3) is 0 Å². The number of ether oxygens (including phenoxy) is 2. The normalized spacial score (nSPS) is 11.5. The van der Waals surface area contributed by atoms with Crippen molar-refractivity contribution in [2.24, 2.45) is 0 Å². The van der Waals surface area contributed by atoms with E-state index in [0.717, 1.165) is 0 Å². The molecule has 0 spiro atoms. The molecule has 4 heteroatoms. The third-order valence-electron chi connectivity index (χ3n) is 3.12. The van der Waals surface area contributed by atoms with Gasteiger partial charge >= 0.3 is 5.97 Å². The Morgan fingerprint density at radius 3 is 2.32 bits per heavy atom. The minimum Gasteiger partial charge on any atom is -0.493 e. The van der Waals surface area contributed by atoms with E-state index in [0.29, 0.717) is 23.5 Å². The van der Waals surface area contributed by atoms with E-state index in [4.69, 9.17) is 9.47 Å². The molecule has 0 saturated carbocycles. The molecule has 1 unspecified atom stereocenters. The van der Waals surface area contributed by atoms with Crippen LogP contribution in [0.4, 0.5) is 0 Å². The summed E-state index contributed by atoms with van der Waals surface area (Å²) < 4.78 is 10.7. The quantitative estimate of drug-likeness (QED) is 0.605. The molecule has 0 saturated heterocycles. The Morgan fingerprint density at radius 2 is 1.64 bits per heavy atom. The number of carbonyl (C=O) groups excluding carboxylic acids is 2. The van der Waals surface area contributed by atoms with Gasteiger partial charge in [0.15, 0.2) is 6.10 Å². The first-order valence-electron chi connectivity index (χ1n) is 7.15. The third kappa shape index (κ3) is 3.73. The van der Waals surface area contributed by atoms with Gasteiger partial charge < -0.3 is 9.47 Å². The fraction of sp³-hybridized carbons (Fsp3) is 0.222. The van der Waals surface area contributed by atoms with Crippen molar-refractivity contribution in [3.63, 3.8) is 0 Å². The fourth-order valence-corrected chi connectivity index (χ4v) is 2.03. The maximum absolute atomic E-state index is 12.2. The molecular weight excluding hydrogens is 280 g/mol. The van der Waals surface area contributed by atoms with Gasteiger partial charge in [-0.1, -0.05) is 42.5 Å². The van der Waals surface area contributed by atoms with E-state index in [-0.39, 0.29) is 5.78 Å². The van der Waals surface area contributed by atoms with Crippen molar-refractivity contribution in [1.82, 2.24) is 0 Å². The summed E-state index contributed by atoms with van der Waals surface area (Å²) in [7, 11) is 0. The number of hydrogen-bond donors (Lipinski definition) is 0. The Balaban J connectivity index is 2.10. The first kappa shape index (κ1) is 15.8. The second-order valence-corrected chi connectivity index (χ2v) is 4.71. The Hall–Kier alpha value is -2.62. The van der Waals surface area contributed by atoms with Crippen molar-refractivity contribution < 1.29 is 19.1 Å². The molecule has 0 amide bonds. The highest BCUT2D eigenvalue weighted by Gasteiger charge is 2.22. The van der Waals surface area contributed by atoms with E-state index >= 15 is 0 Å². The van der Waals surface area contributed by atoms with Crippen molar-refractivity contribution in [3.8, 4) is 5.75 Å². The Morgan fingerprint density at radius 1 is 1.00 bits per heavy atom. The van der Waals surface area contributed by atoms with Crippen LogP contribution in [0, 0.1) is 0 Å². The summed E-state index contributed by atoms with van der Waals surface area (Å²) in [6, 6.07) is 15.6. The van der Waals surface area contributed by atoms with Gasteiger partial charge in [0.1, 0.15) is 11.3 Å². The van der Waals surface area contributed by atoms with Gasteiger partial charge in [0.05, 0.1) is 6.61 Å². The van der Waals surface area contributed by atoms with E-state index < -0.39 is 12.1 Å². The van der Waals surface area contributed by atoms with Crippen molar-refractivity contribution in [1.29, 1.82) is 0 Å². The van der Waals surface area contributed by atoms with E-state index in [1.165, 1.54) is 0 Å². The molecule has 4 nitrogen and oxygen atoms in total. The second-order valence-electron chi connectivity index (χ2n) is 4.71. The average molecular weight is 298 g/mol. The molecular formula is C18H18O4. The van der Waals surface area contributed by atoms with Gasteiger partial charge in [0.25, 0.3) is 0 Å². The lowest BCUT2D eigenvalue weighted by Gasteiger charge is -2.14. The molecule has 0 N–H and O–H groups in total. The molecule has 2 rings (SSSR count). The third-order valence-corrected chi connectivity index (χ3v) is 3.12. The standard InChI is InChI=1S/C18H18O4/c1-3-21-16-12-8-7-11-15(16)18(20)22-13(2)17(19)14-9-5-4-6-10-14/h4-13H,3H2,1-2H3. The number of benzene rings is 2. The van der Waals surface area contributed by atoms with Crippen molar-refractivity contribution >= 4 is 11.8 Å². The summed E-state index contributed by atoms with van der Waals surface area (Å²) in [6.45, 7) is 3.85. The number of esters is 1. The highest BCUT2D eigenvalue weighted by atomic mass is 16.5. The van der Waals surface area contributed by atoms with Crippen LogP contribution in [0.15, 0.2) is 54.6 Å². The summed E-state index contributed by atoms with van der Waals surface area (Å²) in [5.41, 5.74) is 0.831. The molecule has 22 heavy (non-hydrogen) atoms. The van der Waals surface area contributed by atoms with Crippen molar-refractivity contribution in [2.75, 3.05) is 6.61 Å². The highest BCUT2D eigenvalue weighted by Crippen LogP contribution is 2.20. The Labute approximate surface area is 129 Å². The van der Waals surface area contributed by atoms with Crippen molar-refractivity contribution in [3.05, 3.63) is 65.7 Å². The minimum absolute atomic E-state index is 0.233. The largest absolute Gasteiger partial charge is 0.493 e. The van der Waals surface area contributed by atoms with Gasteiger partial charge in [-0.15, -0.1) is 0 Å². The van der Waals surface area contributed by atoms with Gasteiger partial charge in [0, 0.05) is 5.56 Å². The lowest BCUT2D eigenvalue weighted by Crippen LogP contribution is -2.24. The molecule has 0 heterocycles. The predicted octanol–water partition coefficient (Wildman–Crippen LogP) is 3.51. The van der Waals surface area contributed by atoms with Crippen LogP contribution in [0.2, 0.25) is 0 Å². The molecule has 0 aliphatic carbocycles. The molecule has 0 fully saturated rings. The maximum atomic E-state index is 12.2. The van der Waals surface area contributed by atoms with Crippen LogP contribution in [-0.2, 0) is 4.74 Å². The number of para-hydroxylation sites is 1. The fourth-order valence-electron chi connectivity index (χ4n) is 2.03. The smallest absolute Gasteiger partial charge is 0.342 e. The van der Waals surface area contributed by atoms with Crippen LogP contribution < -0.4 is 4.74 Å². The van der Waals surface area contributed by atoms with Crippen LogP contribution in [0.1, 0.15) is 34.6 Å². The summed E-state index contributed by atoms with van der Waals surface area (Å²) in [5.74, 6) is -0.349. The number of rotatable bonds is 6. The van der Waals surface area contributed by atoms with E-state index in [1.807, 2.05) is 13.0 Å². The van der Waals surface area contributed by atoms with Crippen LogP contribution in [0.5, 0.6) is 5.75 Å². The number of Topliss-reactive ketones (excluding diaryl/α,β-unsaturated/α-hetero) is 1. The molecule has 0 bridgehead atoms. The lowest BCUT2D eigenvalue weighted by atomic mass is 10.1. The monoisotopic (exact) mass is 298 g/mol. The van der Waals surface area contributed by atoms with Gasteiger partial charge in [-0.25, -0.2) is 4.79 Å². The van der Waals surface area contributed by atoms with Crippen molar-refractivity contribution in [2.45, 2.75) is 20.0 Å². The van der Waals surface area contributed by atoms with E-state index in [2.05, 4.69) is 0 Å². The minimum atomic E-state index is -0.857. The second kappa shape index (κ2) is 7.41. The predicted molar refractivity (Wildman–Crippen MR) is 83.3 cm³/mol. The summed E-state index contributed by atoms with van der Waals surface area (Å²) in [4.78, 5) is 24.4. The average Bonchev–Trinajstić information content (AvgIpc) is 2.55. The number of ketones is 1. The van der Waals surface area contributed by atoms with E-state index in [1.54, 1.807) is 55.5 Å². The van der Waals surface area contributed by atoms with Gasteiger partial charge in [-0.3, -0.25) is 4.79 Å². The zero-order valence-corrected chi connectivity index (χ0v) is 12.6. The summed E-state index contributed by atoms with van der Waals surface area (Å²) in [5, 5.41) is 0. The topological polar surface area (TPSA) is 52.6 Å². The first-order chi connectivity index (χ1) is 10.6. The molecule has 2 aromatic rings. The zero-order chi connectivity index (χ0) is 15.9. The number of hydrogen-bond acceptors (Lipinski definition) is 4. The van der Waals surface area contributed by atoms with Gasteiger partial charge in [0.2, 0.25) is 5.78 Å². The molecule has 0 aliphatic rings. The zero-order valence-electron chi connectivity index (χ0n) is 12.6. The molecule has 114 valence electrons. The SMILES string of the molecule is CCOc1ccccc1C(=O)OC(C)C(=O)c1ccccc1. The molecule has 0 radical (unpaired) electrons. The van der Waals surface area contributed by atoms with E-state index in [9.17, 15) is 9.59 Å². The summed E-state index contributed by atoms with van der Waals surface area (Å²) >= 11 is 0. The summed E-state index contributed by atoms with van der Waals surface area (Å²) in [6.07, 6.45) is -0.857. The molecule has 0 aromatic heterocycles. The highest BCUT2D eigenvalue weighted by molar-refractivity contribution is 6.01. The molecule has 1 atom stereocenters. The van der Waals surface area contributed by atoms with Gasteiger partial charge in [-0.2, -0.15) is 0 Å². The van der Waals surface area contributed by atoms with Gasteiger partial charge in [-0.05, 0) is 26.0 Å².